The molecule has 0 aliphatic carbocycles. The molecular weight excluding hydrogens is 325 g/mol. The lowest BCUT2D eigenvalue weighted by molar-refractivity contribution is -0.143. The van der Waals surface area contributed by atoms with Gasteiger partial charge in [-0.15, -0.1) is 0 Å². The summed E-state index contributed by atoms with van der Waals surface area (Å²) in [6.07, 6.45) is -2.51. The van der Waals surface area contributed by atoms with Gasteiger partial charge in [-0.1, -0.05) is 0 Å². The number of guanidine groups is 1. The number of hydrogen-bond donors (Lipinski definition) is 2. The highest BCUT2D eigenvalue weighted by Gasteiger charge is 2.34. The number of halogens is 3. The van der Waals surface area contributed by atoms with E-state index >= 15 is 0 Å². The highest BCUT2D eigenvalue weighted by Crippen LogP contribution is 2.22. The lowest BCUT2D eigenvalue weighted by Gasteiger charge is -2.18. The van der Waals surface area contributed by atoms with E-state index in [0.717, 1.165) is 19.4 Å². The Morgan fingerprint density at radius 3 is 2.71 bits per heavy atom. The summed E-state index contributed by atoms with van der Waals surface area (Å²) in [4.78, 5) is 5.57. The molecule has 0 saturated carbocycles. The van der Waals surface area contributed by atoms with E-state index in [1.807, 2.05) is 0 Å². The van der Waals surface area contributed by atoms with Gasteiger partial charge in [0.15, 0.2) is 5.96 Å². The largest absolute Gasteiger partial charge is 0.401 e. The molecule has 1 rings (SSSR count). The van der Waals surface area contributed by atoms with Crippen LogP contribution in [0.5, 0.6) is 0 Å². The molecule has 1 unspecified atom stereocenters. The fraction of sp³-hybridized carbons (Fsp3) is 0.933. The Labute approximate surface area is 141 Å². The van der Waals surface area contributed by atoms with Crippen molar-refractivity contribution in [1.82, 2.24) is 15.5 Å². The fourth-order valence-electron chi connectivity index (χ4n) is 2.56. The van der Waals surface area contributed by atoms with Crippen molar-refractivity contribution in [2.75, 3.05) is 66.7 Å². The Bertz CT molecular complexity index is 367. The molecule has 2 N–H and O–H groups in total. The zero-order valence-electron chi connectivity index (χ0n) is 14.5. The predicted octanol–water partition coefficient (Wildman–Crippen LogP) is 1.09. The molecule has 1 saturated heterocycles. The topological polar surface area (TPSA) is 58.1 Å². The number of ether oxygens (including phenoxy) is 2. The average molecular weight is 354 g/mol. The van der Waals surface area contributed by atoms with Crippen molar-refractivity contribution in [2.45, 2.75) is 19.0 Å². The van der Waals surface area contributed by atoms with E-state index in [1.165, 1.54) is 4.90 Å². The van der Waals surface area contributed by atoms with Crippen LogP contribution in [0.1, 0.15) is 12.8 Å². The van der Waals surface area contributed by atoms with Gasteiger partial charge < -0.3 is 20.1 Å². The number of nitrogens with one attached hydrogen (secondary N) is 2. The normalized spacial score (nSPS) is 19.7. The molecule has 1 atom stereocenters. The summed E-state index contributed by atoms with van der Waals surface area (Å²) < 4.78 is 47.4. The van der Waals surface area contributed by atoms with Crippen LogP contribution in [0.3, 0.4) is 0 Å². The average Bonchev–Trinajstić information content (AvgIpc) is 2.94. The number of aliphatic imine (C=N–C) groups is 1. The van der Waals surface area contributed by atoms with Crippen molar-refractivity contribution in [2.24, 2.45) is 10.9 Å². The van der Waals surface area contributed by atoms with Crippen LogP contribution in [0.15, 0.2) is 4.99 Å². The highest BCUT2D eigenvalue weighted by molar-refractivity contribution is 5.79. The molecule has 0 radical (unpaired) electrons. The second-order valence-corrected chi connectivity index (χ2v) is 5.84. The second-order valence-electron chi connectivity index (χ2n) is 5.84. The summed E-state index contributed by atoms with van der Waals surface area (Å²) >= 11 is 0. The van der Waals surface area contributed by atoms with E-state index in [2.05, 4.69) is 15.6 Å². The fourth-order valence-corrected chi connectivity index (χ4v) is 2.56. The Morgan fingerprint density at radius 1 is 1.25 bits per heavy atom. The van der Waals surface area contributed by atoms with Crippen LogP contribution in [0.4, 0.5) is 13.2 Å². The molecule has 1 heterocycles. The van der Waals surface area contributed by atoms with Crippen LogP contribution in [-0.4, -0.2) is 83.7 Å². The number of rotatable bonds is 10. The molecule has 0 aromatic heterocycles. The van der Waals surface area contributed by atoms with Gasteiger partial charge in [0.25, 0.3) is 0 Å². The van der Waals surface area contributed by atoms with Crippen molar-refractivity contribution in [3.05, 3.63) is 0 Å². The first-order valence-corrected chi connectivity index (χ1v) is 8.25. The molecule has 1 aliphatic heterocycles. The minimum absolute atomic E-state index is 0.211. The minimum atomic E-state index is -4.12. The summed E-state index contributed by atoms with van der Waals surface area (Å²) in [5.41, 5.74) is 0. The molecule has 24 heavy (non-hydrogen) atoms. The number of alkyl halides is 3. The van der Waals surface area contributed by atoms with Crippen LogP contribution >= 0.6 is 0 Å². The number of methoxy groups -OCH3 is 1. The maximum Gasteiger partial charge on any atom is 0.401 e. The Kier molecular flexibility index (Phi) is 10.0. The third-order valence-electron chi connectivity index (χ3n) is 3.74. The van der Waals surface area contributed by atoms with Crippen molar-refractivity contribution >= 4 is 5.96 Å². The molecule has 0 amide bonds. The summed E-state index contributed by atoms with van der Waals surface area (Å²) in [7, 11) is 3.31. The molecule has 0 aromatic carbocycles. The lowest BCUT2D eigenvalue weighted by Crippen LogP contribution is -2.41. The minimum Gasteiger partial charge on any atom is -0.382 e. The van der Waals surface area contributed by atoms with Gasteiger partial charge in [-0.05, 0) is 25.3 Å². The maximum absolute atomic E-state index is 12.4. The molecule has 9 heteroatoms. The Hall–Kier alpha value is -1.06. The highest BCUT2D eigenvalue weighted by atomic mass is 19.4. The number of hydrogen-bond acceptors (Lipinski definition) is 4. The summed E-state index contributed by atoms with van der Waals surface area (Å²) in [6.45, 7) is 3.30. The van der Waals surface area contributed by atoms with E-state index < -0.39 is 12.7 Å². The van der Waals surface area contributed by atoms with Crippen LogP contribution in [-0.2, 0) is 9.47 Å². The van der Waals surface area contributed by atoms with E-state index in [-0.39, 0.29) is 5.92 Å². The van der Waals surface area contributed by atoms with Gasteiger partial charge in [-0.2, -0.15) is 13.2 Å². The van der Waals surface area contributed by atoms with E-state index in [1.54, 1.807) is 14.2 Å². The third kappa shape index (κ3) is 9.94. The van der Waals surface area contributed by atoms with Crippen LogP contribution in [0.2, 0.25) is 0 Å². The van der Waals surface area contributed by atoms with Crippen LogP contribution in [0, 0.1) is 5.92 Å². The molecule has 142 valence electrons. The zero-order chi connectivity index (χ0) is 17.8. The molecule has 1 aliphatic rings. The van der Waals surface area contributed by atoms with E-state index in [9.17, 15) is 13.2 Å². The molecule has 1 fully saturated rings. The summed E-state index contributed by atoms with van der Waals surface area (Å²) in [6, 6.07) is 0. The Balaban J connectivity index is 2.10. The van der Waals surface area contributed by atoms with Crippen molar-refractivity contribution in [3.63, 3.8) is 0 Å². The maximum atomic E-state index is 12.4. The molecule has 0 aromatic rings. The first-order chi connectivity index (χ1) is 11.4. The van der Waals surface area contributed by atoms with Crippen molar-refractivity contribution in [3.8, 4) is 0 Å². The van der Waals surface area contributed by atoms with Gasteiger partial charge in [0, 0.05) is 40.4 Å². The van der Waals surface area contributed by atoms with Crippen molar-refractivity contribution < 1.29 is 22.6 Å². The van der Waals surface area contributed by atoms with Gasteiger partial charge in [0.05, 0.1) is 19.8 Å². The van der Waals surface area contributed by atoms with Gasteiger partial charge in [0.1, 0.15) is 0 Å². The molecular formula is C15H29F3N4O2. The van der Waals surface area contributed by atoms with Crippen LogP contribution in [0.25, 0.3) is 0 Å². The first kappa shape index (κ1) is 21.0. The van der Waals surface area contributed by atoms with Crippen molar-refractivity contribution in [1.29, 1.82) is 0 Å². The van der Waals surface area contributed by atoms with Gasteiger partial charge >= 0.3 is 6.18 Å². The monoisotopic (exact) mass is 354 g/mol. The summed E-state index contributed by atoms with van der Waals surface area (Å²) in [5, 5.41) is 6.34. The van der Waals surface area contributed by atoms with Gasteiger partial charge in [-0.3, -0.25) is 9.89 Å². The lowest BCUT2D eigenvalue weighted by atomic mass is 10.1. The number of nitrogens with zero attached hydrogens (tertiary/aromatic N) is 2. The van der Waals surface area contributed by atoms with Gasteiger partial charge in [0.2, 0.25) is 0 Å². The zero-order valence-corrected chi connectivity index (χ0v) is 14.5. The third-order valence-corrected chi connectivity index (χ3v) is 3.74. The van der Waals surface area contributed by atoms with E-state index in [0.29, 0.717) is 45.4 Å². The quantitative estimate of drug-likeness (QED) is 0.349. The predicted molar refractivity (Wildman–Crippen MR) is 87.3 cm³/mol. The van der Waals surface area contributed by atoms with Crippen LogP contribution < -0.4 is 10.6 Å². The molecule has 0 bridgehead atoms. The first-order valence-electron chi connectivity index (χ1n) is 8.25. The second kappa shape index (κ2) is 11.5. The molecule has 6 nitrogen and oxygen atoms in total. The van der Waals surface area contributed by atoms with E-state index in [4.69, 9.17) is 9.47 Å². The molecule has 0 spiro atoms. The number of likely N-dealkylation sites (tertiary alicyclic amines) is 1. The van der Waals surface area contributed by atoms with Gasteiger partial charge in [-0.25, -0.2) is 0 Å². The SMILES string of the molecule is CN=C(NCCCOCCOC)NCC1CCN(CC(F)(F)F)C1. The summed E-state index contributed by atoms with van der Waals surface area (Å²) in [5.74, 6) is 0.879. The smallest absolute Gasteiger partial charge is 0.382 e. The standard InChI is InChI=1S/C15H29F3N4O2/c1-19-14(20-5-3-7-24-9-8-23-2)21-10-13-4-6-22(11-13)12-15(16,17)18/h13H,3-12H2,1-2H3,(H2,19,20,21). The Morgan fingerprint density at radius 2 is 2.04 bits per heavy atom.